The molecule has 1 amide bonds. The second-order valence-electron chi connectivity index (χ2n) is 10.6. The molecule has 2 aromatic rings. The van der Waals surface area contributed by atoms with Crippen LogP contribution in [0.4, 0.5) is 16.0 Å². The Morgan fingerprint density at radius 3 is 2.73 bits per heavy atom. The van der Waals surface area contributed by atoms with Crippen molar-refractivity contribution in [1.29, 1.82) is 0 Å². The number of hydrogen-bond acceptors (Lipinski definition) is 9. The number of rotatable bonds is 9. The van der Waals surface area contributed by atoms with Crippen LogP contribution in [0.5, 0.6) is 0 Å². The van der Waals surface area contributed by atoms with Crippen LogP contribution in [-0.4, -0.2) is 57.8 Å². The number of carbonyl (C=O) groups excluding carboxylic acids is 1. The van der Waals surface area contributed by atoms with Crippen LogP contribution in [0.25, 0.3) is 0 Å². The third-order valence-electron chi connectivity index (χ3n) is 7.51. The van der Waals surface area contributed by atoms with E-state index in [0.717, 1.165) is 53.7 Å². The first-order chi connectivity index (χ1) is 19.6. The summed E-state index contributed by atoms with van der Waals surface area (Å²) in [5, 5.41) is 6.44. The van der Waals surface area contributed by atoms with Gasteiger partial charge in [0.2, 0.25) is 0 Å². The summed E-state index contributed by atoms with van der Waals surface area (Å²) in [5.41, 5.74) is 6.94. The second-order valence-corrected chi connectivity index (χ2v) is 10.6. The molecule has 1 spiro atoms. The zero-order valence-corrected chi connectivity index (χ0v) is 24.2. The van der Waals surface area contributed by atoms with E-state index in [4.69, 9.17) is 20.4 Å². The molecule has 1 saturated heterocycles. The molecule has 0 bridgehead atoms. The first kappa shape index (κ1) is 29.9. The van der Waals surface area contributed by atoms with Crippen LogP contribution in [0.3, 0.4) is 0 Å². The minimum Gasteiger partial charge on any atom is -0.402 e. The summed E-state index contributed by atoms with van der Waals surface area (Å²) in [4.78, 5) is 33.5. The predicted octanol–water partition coefficient (Wildman–Crippen LogP) is 4.72. The number of halogens is 1. The fourth-order valence-corrected chi connectivity index (χ4v) is 5.30. The number of nitrogens with zero attached hydrogens (tertiary/aromatic N) is 5. The molecule has 1 atom stereocenters. The average molecular weight is 563 g/mol. The largest absolute Gasteiger partial charge is 0.402 e. The van der Waals surface area contributed by atoms with Gasteiger partial charge in [0.25, 0.3) is 5.91 Å². The Balaban J connectivity index is 1.43. The highest BCUT2D eigenvalue weighted by Gasteiger charge is 2.49. The van der Waals surface area contributed by atoms with Crippen molar-refractivity contribution in [3.8, 4) is 0 Å². The number of nitrogens with one attached hydrogen (secondary N) is 2. The number of aromatic nitrogens is 3. The van der Waals surface area contributed by atoms with E-state index in [9.17, 15) is 9.18 Å². The van der Waals surface area contributed by atoms with E-state index in [2.05, 4.69) is 27.2 Å². The highest BCUT2D eigenvalue weighted by molar-refractivity contribution is 5.86. The maximum Gasteiger partial charge on any atom is 0.255 e. The first-order valence-electron chi connectivity index (χ1n) is 13.8. The van der Waals surface area contributed by atoms with Gasteiger partial charge in [-0.2, -0.15) is 0 Å². The molecule has 11 heteroatoms. The quantitative estimate of drug-likeness (QED) is 0.296. The van der Waals surface area contributed by atoms with Crippen LogP contribution in [-0.2, 0) is 9.53 Å². The van der Waals surface area contributed by atoms with Crippen LogP contribution in [0.2, 0.25) is 0 Å². The van der Waals surface area contributed by atoms with Crippen molar-refractivity contribution in [2.24, 2.45) is 10.7 Å². The van der Waals surface area contributed by atoms with E-state index in [1.165, 1.54) is 0 Å². The molecule has 10 nitrogen and oxygen atoms in total. The molecule has 0 unspecified atom stereocenters. The maximum atomic E-state index is 13.8. The van der Waals surface area contributed by atoms with E-state index in [-0.39, 0.29) is 17.9 Å². The van der Waals surface area contributed by atoms with Gasteiger partial charge in [-0.05, 0) is 64.2 Å². The summed E-state index contributed by atoms with van der Waals surface area (Å²) in [5.74, 6) is 2.13. The van der Waals surface area contributed by atoms with Crippen molar-refractivity contribution in [2.75, 3.05) is 25.5 Å². The van der Waals surface area contributed by atoms with Crippen LogP contribution in [0, 0.1) is 6.92 Å². The van der Waals surface area contributed by atoms with Crippen LogP contribution >= 0.6 is 0 Å². The average Bonchev–Trinajstić information content (AvgIpc) is 2.96. The lowest BCUT2D eigenvalue weighted by Gasteiger charge is -2.46. The number of amides is 1. The number of allylic oxidation sites excluding steroid dienone is 3. The summed E-state index contributed by atoms with van der Waals surface area (Å²) < 4.78 is 19.4. The Morgan fingerprint density at radius 2 is 2.10 bits per heavy atom. The van der Waals surface area contributed by atoms with Gasteiger partial charge in [0, 0.05) is 43.7 Å². The summed E-state index contributed by atoms with van der Waals surface area (Å²) in [6.07, 6.45) is 8.13. The highest BCUT2D eigenvalue weighted by Crippen LogP contribution is 2.43. The minimum absolute atomic E-state index is 0.00284. The number of nitrogens with two attached hydrogens (primary N) is 1. The van der Waals surface area contributed by atoms with E-state index in [1.807, 2.05) is 50.9 Å². The number of aryl methyl sites for hydroxylation is 1. The Labute approximate surface area is 240 Å². The highest BCUT2D eigenvalue weighted by atomic mass is 19.1. The Hall–Kier alpha value is -4.12. The number of anilines is 1. The SMILES string of the molecule is C=C(C)/C=C(\NC)Nc1cc(C)nc(C2CCC3(CC2)OCCN([C@H](C)c2ccc(N=CC(F)=CN)nc2)C3=O)n1. The molecule has 1 saturated carbocycles. The molecular weight excluding hydrogens is 523 g/mol. The van der Waals surface area contributed by atoms with Crippen LogP contribution in [0.15, 0.2) is 65.5 Å². The van der Waals surface area contributed by atoms with Gasteiger partial charge in [0.15, 0.2) is 11.6 Å². The molecule has 2 aromatic heterocycles. The van der Waals surface area contributed by atoms with Crippen LogP contribution in [0.1, 0.15) is 68.6 Å². The van der Waals surface area contributed by atoms with Crippen LogP contribution < -0.4 is 16.4 Å². The topological polar surface area (TPSA) is 131 Å². The van der Waals surface area contributed by atoms with E-state index < -0.39 is 11.4 Å². The third-order valence-corrected chi connectivity index (χ3v) is 7.51. The van der Waals surface area contributed by atoms with Gasteiger partial charge in [-0.15, -0.1) is 0 Å². The number of aliphatic imine (C=N–C) groups is 1. The lowest BCUT2D eigenvalue weighted by atomic mass is 9.76. The third kappa shape index (κ3) is 7.15. The molecular formula is C30H39FN8O2. The van der Waals surface area contributed by atoms with Crippen molar-refractivity contribution in [2.45, 2.75) is 64.0 Å². The monoisotopic (exact) mass is 562 g/mol. The van der Waals surface area contributed by atoms with Crippen molar-refractivity contribution < 1.29 is 13.9 Å². The second kappa shape index (κ2) is 13.0. The molecule has 218 valence electrons. The minimum atomic E-state index is -0.846. The van der Waals surface area contributed by atoms with E-state index in [0.29, 0.717) is 37.6 Å². The van der Waals surface area contributed by atoms with Gasteiger partial charge in [-0.3, -0.25) is 4.79 Å². The maximum absolute atomic E-state index is 13.8. The molecule has 4 N–H and O–H groups in total. The van der Waals surface area contributed by atoms with Gasteiger partial charge < -0.3 is 26.0 Å². The molecule has 1 aliphatic carbocycles. The van der Waals surface area contributed by atoms with Gasteiger partial charge in [0.05, 0.1) is 18.9 Å². The summed E-state index contributed by atoms with van der Waals surface area (Å²) in [6, 6.07) is 5.26. The number of morpholine rings is 1. The Bertz CT molecular complexity index is 1350. The van der Waals surface area contributed by atoms with Gasteiger partial charge in [-0.1, -0.05) is 18.2 Å². The number of ether oxygens (including phenoxy) is 1. The van der Waals surface area contributed by atoms with Gasteiger partial charge >= 0.3 is 0 Å². The van der Waals surface area contributed by atoms with E-state index >= 15 is 0 Å². The first-order valence-corrected chi connectivity index (χ1v) is 13.8. The van der Waals surface area contributed by atoms with Gasteiger partial charge in [0.1, 0.15) is 23.1 Å². The fraction of sp³-hybridized carbons (Fsp3) is 0.433. The Kier molecular flexibility index (Phi) is 9.49. The smallest absolute Gasteiger partial charge is 0.255 e. The molecule has 4 rings (SSSR count). The van der Waals surface area contributed by atoms with Gasteiger partial charge in [-0.25, -0.2) is 24.3 Å². The standard InChI is InChI=1S/C30H39FN8O2/c1-19(2)14-26(33-5)37-27-15-20(3)36-28(38-27)22-8-10-30(11-9-22)29(40)39(12-13-41-30)21(4)23-6-7-25(34-17-23)35-18-24(31)16-32/h6-7,14-18,21-22,33H,1,8-13,32H2,2-5H3,(H,36,37,38)/b24-16?,26-14+,35-18?/t21-,22?,30?/m1/s1. The molecule has 0 aromatic carbocycles. The molecule has 0 radical (unpaired) electrons. The molecule has 2 fully saturated rings. The molecule has 1 aliphatic heterocycles. The lowest BCUT2D eigenvalue weighted by molar-refractivity contribution is -0.181. The number of hydrogen-bond donors (Lipinski definition) is 3. The summed E-state index contributed by atoms with van der Waals surface area (Å²) >= 11 is 0. The lowest BCUT2D eigenvalue weighted by Crippen LogP contribution is -2.58. The van der Waals surface area contributed by atoms with E-state index in [1.54, 1.807) is 12.3 Å². The molecule has 3 heterocycles. The number of pyridine rings is 1. The summed E-state index contributed by atoms with van der Waals surface area (Å²) in [7, 11) is 1.84. The zero-order valence-electron chi connectivity index (χ0n) is 24.2. The van der Waals surface area contributed by atoms with Crippen molar-refractivity contribution in [3.63, 3.8) is 0 Å². The Morgan fingerprint density at radius 1 is 1.34 bits per heavy atom. The molecule has 2 aliphatic rings. The molecule has 41 heavy (non-hydrogen) atoms. The van der Waals surface area contributed by atoms with Crippen molar-refractivity contribution in [1.82, 2.24) is 25.2 Å². The fourth-order valence-electron chi connectivity index (χ4n) is 5.30. The summed E-state index contributed by atoms with van der Waals surface area (Å²) in [6.45, 7) is 10.8. The normalized spacial score (nSPS) is 22.7. The number of carbonyl (C=O) groups is 1. The predicted molar refractivity (Wildman–Crippen MR) is 158 cm³/mol. The zero-order chi connectivity index (χ0) is 29.6. The van der Waals surface area contributed by atoms with Crippen molar-refractivity contribution >= 4 is 23.8 Å². The van der Waals surface area contributed by atoms with Crippen molar-refractivity contribution in [3.05, 3.63) is 77.6 Å².